The van der Waals surface area contributed by atoms with Crippen LogP contribution in [-0.2, 0) is 4.74 Å². The van der Waals surface area contributed by atoms with E-state index in [4.69, 9.17) is 4.74 Å². The highest BCUT2D eigenvalue weighted by Gasteiger charge is 2.16. The number of aromatic nitrogens is 1. The van der Waals surface area contributed by atoms with E-state index in [0.717, 1.165) is 5.56 Å². The van der Waals surface area contributed by atoms with Crippen LogP contribution in [0.4, 0.5) is 0 Å². The molecule has 1 atom stereocenters. The molecule has 0 spiro atoms. The molecule has 1 unspecified atom stereocenters. The summed E-state index contributed by atoms with van der Waals surface area (Å²) in [6.07, 6.45) is 1.33. The molecule has 1 heterocycles. The lowest BCUT2D eigenvalue weighted by Crippen LogP contribution is -2.10. The van der Waals surface area contributed by atoms with Crippen LogP contribution < -0.4 is 0 Å². The molecule has 0 fully saturated rings. The molecule has 0 radical (unpaired) electrons. The van der Waals surface area contributed by atoms with Gasteiger partial charge < -0.3 is 4.74 Å². The Bertz CT molecular complexity index is 543. The van der Waals surface area contributed by atoms with Gasteiger partial charge in [0.1, 0.15) is 10.7 Å². The highest BCUT2D eigenvalue weighted by atomic mass is 79.9. The Labute approximate surface area is 114 Å². The standard InChI is InChI=1S/C14H12BrNO2/c1-10(11-6-3-2-4-7-11)18-14(17)12-8-5-9-16-13(12)15/h2-10H,1H3. The maximum absolute atomic E-state index is 12.0. The van der Waals surface area contributed by atoms with Crippen molar-refractivity contribution < 1.29 is 9.53 Å². The first kappa shape index (κ1) is 12.8. The van der Waals surface area contributed by atoms with Crippen LogP contribution in [0.25, 0.3) is 0 Å². The van der Waals surface area contributed by atoms with Crippen LogP contribution in [0.2, 0.25) is 0 Å². The molecule has 0 saturated heterocycles. The highest BCUT2D eigenvalue weighted by molar-refractivity contribution is 9.10. The van der Waals surface area contributed by atoms with Gasteiger partial charge >= 0.3 is 5.97 Å². The van der Waals surface area contributed by atoms with Crippen LogP contribution in [0.3, 0.4) is 0 Å². The fraction of sp³-hybridized carbons (Fsp3) is 0.143. The Morgan fingerprint density at radius 3 is 2.61 bits per heavy atom. The number of carbonyl (C=O) groups is 1. The Balaban J connectivity index is 2.11. The van der Waals surface area contributed by atoms with Gasteiger partial charge in [0.15, 0.2) is 0 Å². The number of ether oxygens (including phenoxy) is 1. The Hall–Kier alpha value is -1.68. The highest BCUT2D eigenvalue weighted by Crippen LogP contribution is 2.20. The monoisotopic (exact) mass is 305 g/mol. The topological polar surface area (TPSA) is 39.2 Å². The second-order valence-corrected chi connectivity index (χ2v) is 4.55. The van der Waals surface area contributed by atoms with Gasteiger partial charge in [0.2, 0.25) is 0 Å². The van der Waals surface area contributed by atoms with E-state index in [-0.39, 0.29) is 12.1 Å². The molecule has 92 valence electrons. The second-order valence-electron chi connectivity index (χ2n) is 3.80. The first-order chi connectivity index (χ1) is 8.68. The molecule has 0 aliphatic carbocycles. The van der Waals surface area contributed by atoms with Crippen molar-refractivity contribution in [3.05, 3.63) is 64.4 Å². The maximum atomic E-state index is 12.0. The summed E-state index contributed by atoms with van der Waals surface area (Å²) < 4.78 is 5.89. The molecular formula is C14H12BrNO2. The van der Waals surface area contributed by atoms with Crippen molar-refractivity contribution in [3.8, 4) is 0 Å². The zero-order valence-electron chi connectivity index (χ0n) is 9.84. The van der Waals surface area contributed by atoms with Gasteiger partial charge in [-0.2, -0.15) is 0 Å². The molecule has 0 N–H and O–H groups in total. The SMILES string of the molecule is CC(OC(=O)c1cccnc1Br)c1ccccc1. The van der Waals surface area contributed by atoms with Crippen molar-refractivity contribution in [2.45, 2.75) is 13.0 Å². The van der Waals surface area contributed by atoms with E-state index < -0.39 is 0 Å². The molecule has 0 saturated carbocycles. The summed E-state index contributed by atoms with van der Waals surface area (Å²) in [5, 5.41) is 0. The molecule has 4 heteroatoms. The van der Waals surface area contributed by atoms with Crippen molar-refractivity contribution in [1.29, 1.82) is 0 Å². The molecule has 0 aliphatic rings. The minimum atomic E-state index is -0.383. The van der Waals surface area contributed by atoms with Gasteiger partial charge in [-0.15, -0.1) is 0 Å². The third-order valence-electron chi connectivity index (χ3n) is 2.53. The van der Waals surface area contributed by atoms with E-state index in [9.17, 15) is 4.79 Å². The molecule has 2 rings (SSSR count). The fourth-order valence-electron chi connectivity index (χ4n) is 1.55. The molecule has 0 aliphatic heterocycles. The number of hydrogen-bond donors (Lipinski definition) is 0. The quantitative estimate of drug-likeness (QED) is 0.640. The van der Waals surface area contributed by atoms with Crippen LogP contribution in [0, 0.1) is 0 Å². The molecule has 18 heavy (non-hydrogen) atoms. The summed E-state index contributed by atoms with van der Waals surface area (Å²) >= 11 is 3.23. The average molecular weight is 306 g/mol. The van der Waals surface area contributed by atoms with Crippen molar-refractivity contribution in [2.75, 3.05) is 0 Å². The van der Waals surface area contributed by atoms with Gasteiger partial charge in [-0.05, 0) is 40.5 Å². The lowest BCUT2D eigenvalue weighted by molar-refractivity contribution is 0.0336. The van der Waals surface area contributed by atoms with Gasteiger partial charge in [-0.25, -0.2) is 9.78 Å². The first-order valence-electron chi connectivity index (χ1n) is 5.55. The summed E-state index contributed by atoms with van der Waals surface area (Å²) in [7, 11) is 0. The van der Waals surface area contributed by atoms with Crippen molar-refractivity contribution in [1.82, 2.24) is 4.98 Å². The van der Waals surface area contributed by atoms with Crippen LogP contribution in [0.5, 0.6) is 0 Å². The number of carbonyl (C=O) groups excluding carboxylic acids is 1. The van der Waals surface area contributed by atoms with Gasteiger partial charge in [0.05, 0.1) is 5.56 Å². The summed E-state index contributed by atoms with van der Waals surface area (Å²) in [5.41, 5.74) is 1.39. The fourth-order valence-corrected chi connectivity index (χ4v) is 1.97. The largest absolute Gasteiger partial charge is 0.454 e. The number of benzene rings is 1. The zero-order valence-corrected chi connectivity index (χ0v) is 11.4. The van der Waals surface area contributed by atoms with Gasteiger partial charge in [-0.1, -0.05) is 30.3 Å². The third kappa shape index (κ3) is 2.96. The van der Waals surface area contributed by atoms with Crippen molar-refractivity contribution >= 4 is 21.9 Å². The molecular weight excluding hydrogens is 294 g/mol. The minimum absolute atomic E-state index is 0.286. The van der Waals surface area contributed by atoms with E-state index in [1.54, 1.807) is 18.3 Å². The average Bonchev–Trinajstić information content (AvgIpc) is 2.40. The summed E-state index contributed by atoms with van der Waals surface area (Å²) in [5.74, 6) is -0.383. The van der Waals surface area contributed by atoms with Crippen LogP contribution >= 0.6 is 15.9 Å². The van der Waals surface area contributed by atoms with Crippen molar-refractivity contribution in [3.63, 3.8) is 0 Å². The molecule has 0 bridgehead atoms. The van der Waals surface area contributed by atoms with E-state index in [1.807, 2.05) is 37.3 Å². The summed E-state index contributed by atoms with van der Waals surface area (Å²) in [4.78, 5) is 16.0. The van der Waals surface area contributed by atoms with E-state index in [2.05, 4.69) is 20.9 Å². The van der Waals surface area contributed by atoms with Gasteiger partial charge in [0, 0.05) is 6.20 Å². The molecule has 3 nitrogen and oxygen atoms in total. The minimum Gasteiger partial charge on any atom is -0.454 e. The molecule has 1 aromatic heterocycles. The maximum Gasteiger partial charge on any atom is 0.341 e. The number of pyridine rings is 1. The van der Waals surface area contributed by atoms with E-state index >= 15 is 0 Å². The molecule has 2 aromatic rings. The smallest absolute Gasteiger partial charge is 0.341 e. The Kier molecular flexibility index (Phi) is 4.10. The molecule has 0 amide bonds. The molecule has 1 aromatic carbocycles. The predicted octanol–water partition coefficient (Wildman–Crippen LogP) is 3.76. The normalized spacial score (nSPS) is 11.9. The number of esters is 1. The number of hydrogen-bond acceptors (Lipinski definition) is 3. The van der Waals surface area contributed by atoms with Gasteiger partial charge in [-0.3, -0.25) is 0 Å². The summed E-state index contributed by atoms with van der Waals surface area (Å²) in [6.45, 7) is 1.84. The van der Waals surface area contributed by atoms with Crippen LogP contribution in [-0.4, -0.2) is 11.0 Å². The number of nitrogens with zero attached hydrogens (tertiary/aromatic N) is 1. The van der Waals surface area contributed by atoms with Crippen LogP contribution in [0.1, 0.15) is 28.9 Å². The zero-order chi connectivity index (χ0) is 13.0. The number of halogens is 1. The lowest BCUT2D eigenvalue weighted by atomic mass is 10.1. The third-order valence-corrected chi connectivity index (χ3v) is 3.16. The predicted molar refractivity (Wildman–Crippen MR) is 72.2 cm³/mol. The first-order valence-corrected chi connectivity index (χ1v) is 6.34. The van der Waals surface area contributed by atoms with Gasteiger partial charge in [0.25, 0.3) is 0 Å². The second kappa shape index (κ2) is 5.78. The Morgan fingerprint density at radius 1 is 1.22 bits per heavy atom. The Morgan fingerprint density at radius 2 is 1.94 bits per heavy atom. The van der Waals surface area contributed by atoms with Crippen LogP contribution in [0.15, 0.2) is 53.3 Å². The van der Waals surface area contributed by atoms with E-state index in [1.165, 1.54) is 0 Å². The lowest BCUT2D eigenvalue weighted by Gasteiger charge is -2.13. The van der Waals surface area contributed by atoms with Crippen molar-refractivity contribution in [2.24, 2.45) is 0 Å². The number of rotatable bonds is 3. The van der Waals surface area contributed by atoms with E-state index in [0.29, 0.717) is 10.2 Å². The summed E-state index contributed by atoms with van der Waals surface area (Å²) in [6, 6.07) is 13.0.